The third-order valence-electron chi connectivity index (χ3n) is 1.47. The zero-order chi connectivity index (χ0) is 13.9. The minimum absolute atomic E-state index is 0.833. The van der Waals surface area contributed by atoms with Crippen molar-refractivity contribution in [2.75, 3.05) is 13.7 Å². The fraction of sp³-hybridized carbons (Fsp3) is 0.571. The quantitative estimate of drug-likeness (QED) is 0.556. The molecule has 0 amide bonds. The van der Waals surface area contributed by atoms with Crippen LogP contribution in [0.1, 0.15) is 0 Å². The third kappa shape index (κ3) is 3.04. The number of hydrogen-bond acceptors (Lipinski definition) is 5. The molecule has 0 aliphatic rings. The van der Waals surface area contributed by atoms with Gasteiger partial charge in [-0.1, -0.05) is 0 Å². The summed E-state index contributed by atoms with van der Waals surface area (Å²) < 4.78 is 57.5. The van der Waals surface area contributed by atoms with Gasteiger partial charge in [-0.15, -0.1) is 0 Å². The molecule has 0 rings (SSSR count). The minimum atomic E-state index is -5.64. The van der Waals surface area contributed by atoms with Crippen LogP contribution in [0.3, 0.4) is 0 Å². The summed E-state index contributed by atoms with van der Waals surface area (Å²) in [4.78, 5) is 30.7. The molecule has 1 N–H and O–H groups in total. The van der Waals surface area contributed by atoms with Gasteiger partial charge in [0.2, 0.25) is 0 Å². The smallest absolute Gasteiger partial charge is 0.415 e. The first-order valence-electron chi connectivity index (χ1n) is 3.80. The Hall–Kier alpha value is -1.87. The Kier molecular flexibility index (Phi) is 4.43. The maximum absolute atomic E-state index is 12.6. The Morgan fingerprint density at radius 3 is 1.94 bits per heavy atom. The van der Waals surface area contributed by atoms with Gasteiger partial charge < -0.3 is 14.6 Å². The van der Waals surface area contributed by atoms with E-state index in [0.29, 0.717) is 0 Å². The number of carboxylic acids is 1. The molecular formula is C7H6F4O6. The number of carboxylic acid groups (broad SMARTS) is 1. The molecule has 0 unspecified atom stereocenters. The lowest BCUT2D eigenvalue weighted by Gasteiger charge is -2.20. The predicted molar refractivity (Wildman–Crippen MR) is 40.5 cm³/mol. The highest BCUT2D eigenvalue weighted by molar-refractivity contribution is 5.89. The van der Waals surface area contributed by atoms with Crippen LogP contribution in [0, 0.1) is 0 Å². The van der Waals surface area contributed by atoms with E-state index in [-0.39, 0.29) is 0 Å². The molecule has 10 heteroatoms. The number of esters is 2. The van der Waals surface area contributed by atoms with Gasteiger partial charge in [-0.2, -0.15) is 17.6 Å². The van der Waals surface area contributed by atoms with Gasteiger partial charge in [0.05, 0.1) is 7.11 Å². The Morgan fingerprint density at radius 1 is 1.12 bits per heavy atom. The fourth-order valence-electron chi connectivity index (χ4n) is 0.537. The number of alkyl halides is 4. The van der Waals surface area contributed by atoms with Crippen LogP contribution in [0.2, 0.25) is 0 Å². The van der Waals surface area contributed by atoms with Crippen molar-refractivity contribution in [2.24, 2.45) is 0 Å². The van der Waals surface area contributed by atoms with E-state index in [4.69, 9.17) is 5.11 Å². The summed E-state index contributed by atoms with van der Waals surface area (Å²) in [5.74, 6) is -18.5. The van der Waals surface area contributed by atoms with Crippen molar-refractivity contribution >= 4 is 17.9 Å². The molecule has 0 saturated heterocycles. The summed E-state index contributed by atoms with van der Waals surface area (Å²) in [6.07, 6.45) is 0. The second kappa shape index (κ2) is 4.97. The second-order valence-electron chi connectivity index (χ2n) is 2.61. The van der Waals surface area contributed by atoms with Crippen molar-refractivity contribution in [1.29, 1.82) is 0 Å². The van der Waals surface area contributed by atoms with Gasteiger partial charge in [0, 0.05) is 0 Å². The molecule has 0 aromatic carbocycles. The van der Waals surface area contributed by atoms with Gasteiger partial charge in [0.1, 0.15) is 0 Å². The largest absolute Gasteiger partial charge is 0.477 e. The second-order valence-corrected chi connectivity index (χ2v) is 2.61. The average Bonchev–Trinajstić information content (AvgIpc) is 2.24. The molecule has 0 aromatic rings. The summed E-state index contributed by atoms with van der Waals surface area (Å²) >= 11 is 0. The molecule has 0 aromatic heterocycles. The zero-order valence-electron chi connectivity index (χ0n) is 8.21. The summed E-state index contributed by atoms with van der Waals surface area (Å²) in [6, 6.07) is 0. The molecule has 0 saturated carbocycles. The van der Waals surface area contributed by atoms with Gasteiger partial charge in [0.15, 0.2) is 6.61 Å². The Bertz CT molecular complexity index is 339. The number of halogens is 4. The molecule has 0 radical (unpaired) electrons. The highest BCUT2D eigenvalue weighted by Gasteiger charge is 2.68. The number of hydrogen-bond donors (Lipinski definition) is 1. The van der Waals surface area contributed by atoms with E-state index in [1.54, 1.807) is 0 Å². The van der Waals surface area contributed by atoms with E-state index in [1.807, 2.05) is 0 Å². The topological polar surface area (TPSA) is 89.9 Å². The highest BCUT2D eigenvalue weighted by Crippen LogP contribution is 2.35. The molecule has 0 fully saturated rings. The van der Waals surface area contributed by atoms with Crippen LogP contribution in [-0.4, -0.2) is 48.6 Å². The number of aliphatic carboxylic acids is 1. The molecule has 0 heterocycles. The standard InChI is InChI=1S/C7H6F4O6/c1-16-3(12)2-17-5(15)7(10,11)6(8,9)4(13)14/h2H2,1H3,(H,13,14). The molecule has 98 valence electrons. The van der Waals surface area contributed by atoms with E-state index < -0.39 is 36.4 Å². The van der Waals surface area contributed by atoms with Crippen LogP contribution in [0.15, 0.2) is 0 Å². The van der Waals surface area contributed by atoms with Gasteiger partial charge in [0.25, 0.3) is 0 Å². The summed E-state index contributed by atoms with van der Waals surface area (Å²) in [5.41, 5.74) is 0. The normalized spacial score (nSPS) is 11.8. The molecule has 0 bridgehead atoms. The van der Waals surface area contributed by atoms with E-state index in [1.165, 1.54) is 0 Å². The van der Waals surface area contributed by atoms with Crippen molar-refractivity contribution in [3.8, 4) is 0 Å². The monoisotopic (exact) mass is 262 g/mol. The lowest BCUT2D eigenvalue weighted by Crippen LogP contribution is -2.53. The summed E-state index contributed by atoms with van der Waals surface area (Å²) in [6.45, 7) is -1.33. The van der Waals surface area contributed by atoms with Crippen LogP contribution < -0.4 is 0 Å². The molecule has 6 nitrogen and oxygen atoms in total. The summed E-state index contributed by atoms with van der Waals surface area (Å²) in [5, 5.41) is 7.82. The molecule has 0 aliphatic heterocycles. The van der Waals surface area contributed by atoms with Gasteiger partial charge in [-0.3, -0.25) is 0 Å². The molecular weight excluding hydrogens is 256 g/mol. The van der Waals surface area contributed by atoms with E-state index in [0.717, 1.165) is 7.11 Å². The maximum Gasteiger partial charge on any atom is 0.415 e. The van der Waals surface area contributed by atoms with Gasteiger partial charge in [-0.05, 0) is 0 Å². The first-order chi connectivity index (χ1) is 7.57. The van der Waals surface area contributed by atoms with E-state index in [2.05, 4.69) is 9.47 Å². The highest BCUT2D eigenvalue weighted by atomic mass is 19.3. The number of rotatable bonds is 5. The SMILES string of the molecule is COC(=O)COC(=O)C(F)(F)C(F)(F)C(=O)O. The fourth-order valence-corrected chi connectivity index (χ4v) is 0.537. The van der Waals surface area contributed by atoms with Gasteiger partial charge in [-0.25, -0.2) is 14.4 Å². The first-order valence-corrected chi connectivity index (χ1v) is 3.80. The lowest BCUT2D eigenvalue weighted by molar-refractivity contribution is -0.235. The maximum atomic E-state index is 12.6. The average molecular weight is 262 g/mol. The minimum Gasteiger partial charge on any atom is -0.477 e. The lowest BCUT2D eigenvalue weighted by atomic mass is 10.2. The van der Waals surface area contributed by atoms with Crippen LogP contribution in [0.5, 0.6) is 0 Å². The predicted octanol–water partition coefficient (Wildman–Crippen LogP) is 0.0578. The molecule has 0 spiro atoms. The first kappa shape index (κ1) is 15.1. The van der Waals surface area contributed by atoms with E-state index in [9.17, 15) is 31.9 Å². The molecule has 0 aliphatic carbocycles. The van der Waals surface area contributed by atoms with Crippen LogP contribution in [-0.2, 0) is 23.9 Å². The van der Waals surface area contributed by atoms with Crippen molar-refractivity contribution in [2.45, 2.75) is 11.8 Å². The zero-order valence-corrected chi connectivity index (χ0v) is 8.21. The van der Waals surface area contributed by atoms with Crippen molar-refractivity contribution in [1.82, 2.24) is 0 Å². The van der Waals surface area contributed by atoms with Crippen LogP contribution in [0.25, 0.3) is 0 Å². The van der Waals surface area contributed by atoms with Crippen LogP contribution in [0.4, 0.5) is 17.6 Å². The number of carbonyl (C=O) groups is 3. The molecule has 17 heavy (non-hydrogen) atoms. The van der Waals surface area contributed by atoms with Crippen molar-refractivity contribution in [3.63, 3.8) is 0 Å². The van der Waals surface area contributed by atoms with Gasteiger partial charge >= 0.3 is 29.8 Å². The summed E-state index contributed by atoms with van der Waals surface area (Å²) in [7, 11) is 0.833. The Labute approximate surface area is 91.1 Å². The number of carbonyl (C=O) groups excluding carboxylic acids is 2. The van der Waals surface area contributed by atoms with Crippen LogP contribution >= 0.6 is 0 Å². The molecule has 0 atom stereocenters. The van der Waals surface area contributed by atoms with Crippen molar-refractivity contribution < 1.29 is 46.5 Å². The number of methoxy groups -OCH3 is 1. The van der Waals surface area contributed by atoms with Crippen molar-refractivity contribution in [3.05, 3.63) is 0 Å². The number of ether oxygens (including phenoxy) is 2. The van der Waals surface area contributed by atoms with E-state index >= 15 is 0 Å². The Balaban J connectivity index is 4.77. The Morgan fingerprint density at radius 2 is 1.59 bits per heavy atom. The third-order valence-corrected chi connectivity index (χ3v) is 1.47.